The molecule has 0 fully saturated rings. The second-order valence-corrected chi connectivity index (χ2v) is 6.17. The summed E-state index contributed by atoms with van der Waals surface area (Å²) in [5, 5.41) is 5.52. The predicted molar refractivity (Wildman–Crippen MR) is 72.3 cm³/mol. The van der Waals surface area contributed by atoms with Crippen molar-refractivity contribution in [2.45, 2.75) is 12.6 Å². The fourth-order valence-corrected chi connectivity index (χ4v) is 3.26. The maximum Gasteiger partial charge on any atom is 0.0931 e. The van der Waals surface area contributed by atoms with Crippen molar-refractivity contribution in [3.63, 3.8) is 0 Å². The van der Waals surface area contributed by atoms with Gasteiger partial charge in [-0.05, 0) is 23.6 Å². The zero-order chi connectivity index (χ0) is 11.4. The van der Waals surface area contributed by atoms with Gasteiger partial charge in [-0.25, -0.2) is 0 Å². The molecule has 0 spiro atoms. The van der Waals surface area contributed by atoms with Gasteiger partial charge in [0.1, 0.15) is 0 Å². The van der Waals surface area contributed by atoms with Crippen LogP contribution in [0.3, 0.4) is 0 Å². The van der Waals surface area contributed by atoms with Crippen LogP contribution in [0.5, 0.6) is 0 Å². The second kappa shape index (κ2) is 5.80. The van der Waals surface area contributed by atoms with E-state index in [1.807, 2.05) is 12.1 Å². The van der Waals surface area contributed by atoms with Crippen LogP contribution >= 0.6 is 34.3 Å². The third-order valence-corrected chi connectivity index (χ3v) is 4.50. The van der Waals surface area contributed by atoms with Gasteiger partial charge in [0.15, 0.2) is 0 Å². The predicted octanol–water partition coefficient (Wildman–Crippen LogP) is 3.25. The summed E-state index contributed by atoms with van der Waals surface area (Å²) in [6.45, 7) is 1.44. The summed E-state index contributed by atoms with van der Waals surface area (Å²) >= 11 is 9.25. The average Bonchev–Trinajstić information content (AvgIpc) is 2.91. The number of halogens is 1. The summed E-state index contributed by atoms with van der Waals surface area (Å²) < 4.78 is 0.811. The van der Waals surface area contributed by atoms with E-state index in [2.05, 4.69) is 22.8 Å². The lowest BCUT2D eigenvalue weighted by Gasteiger charge is -2.14. The van der Waals surface area contributed by atoms with Crippen molar-refractivity contribution in [3.05, 3.63) is 43.7 Å². The topological polar surface area (TPSA) is 38.0 Å². The first kappa shape index (κ1) is 12.1. The van der Waals surface area contributed by atoms with E-state index in [1.165, 1.54) is 9.75 Å². The zero-order valence-corrected chi connectivity index (χ0v) is 11.0. The molecule has 0 aliphatic rings. The van der Waals surface area contributed by atoms with E-state index < -0.39 is 0 Å². The van der Waals surface area contributed by atoms with Gasteiger partial charge in [-0.2, -0.15) is 0 Å². The van der Waals surface area contributed by atoms with Crippen molar-refractivity contribution < 1.29 is 0 Å². The lowest BCUT2D eigenvalue weighted by molar-refractivity contribution is 0.553. The Kier molecular flexibility index (Phi) is 4.37. The molecule has 3 N–H and O–H groups in total. The van der Waals surface area contributed by atoms with Crippen LogP contribution in [-0.2, 0) is 6.54 Å². The Labute approximate surface area is 108 Å². The van der Waals surface area contributed by atoms with E-state index in [9.17, 15) is 0 Å². The fraction of sp³-hybridized carbons (Fsp3) is 0.273. The van der Waals surface area contributed by atoms with E-state index in [1.54, 1.807) is 22.7 Å². The molecule has 2 rings (SSSR count). The summed E-state index contributed by atoms with van der Waals surface area (Å²) in [7, 11) is 0. The molecule has 16 heavy (non-hydrogen) atoms. The molecule has 2 nitrogen and oxygen atoms in total. The second-order valence-electron chi connectivity index (χ2n) is 3.39. The van der Waals surface area contributed by atoms with Gasteiger partial charge in [0.05, 0.1) is 10.4 Å². The van der Waals surface area contributed by atoms with Crippen molar-refractivity contribution in [2.24, 2.45) is 5.73 Å². The Morgan fingerprint density at radius 1 is 1.38 bits per heavy atom. The van der Waals surface area contributed by atoms with Crippen LogP contribution in [0.25, 0.3) is 0 Å². The van der Waals surface area contributed by atoms with Crippen LogP contribution < -0.4 is 11.1 Å². The lowest BCUT2D eigenvalue weighted by atomic mass is 10.2. The standard InChI is InChI=1S/C11H13ClN2S2/c12-11-4-3-10(16-11)9(6-13)14-7-8-2-1-5-15-8/h1-5,9,14H,6-7,13H2. The van der Waals surface area contributed by atoms with Gasteiger partial charge in [-0.15, -0.1) is 22.7 Å². The average molecular weight is 273 g/mol. The van der Waals surface area contributed by atoms with Gasteiger partial charge in [-0.1, -0.05) is 17.7 Å². The van der Waals surface area contributed by atoms with Crippen LogP contribution in [-0.4, -0.2) is 6.54 Å². The van der Waals surface area contributed by atoms with Crippen molar-refractivity contribution in [1.29, 1.82) is 0 Å². The molecule has 0 saturated heterocycles. The van der Waals surface area contributed by atoms with Gasteiger partial charge in [0.2, 0.25) is 0 Å². The number of hydrogen-bond acceptors (Lipinski definition) is 4. The van der Waals surface area contributed by atoms with Crippen LogP contribution in [0.15, 0.2) is 29.6 Å². The van der Waals surface area contributed by atoms with E-state index in [0.717, 1.165) is 10.9 Å². The quantitative estimate of drug-likeness (QED) is 0.877. The third kappa shape index (κ3) is 3.06. The van der Waals surface area contributed by atoms with Crippen LogP contribution in [0.4, 0.5) is 0 Å². The highest BCUT2D eigenvalue weighted by Gasteiger charge is 2.11. The third-order valence-electron chi connectivity index (χ3n) is 2.28. The summed E-state index contributed by atoms with van der Waals surface area (Å²) in [4.78, 5) is 2.52. The molecule has 0 amide bonds. The monoisotopic (exact) mass is 272 g/mol. The first-order valence-corrected chi connectivity index (χ1v) is 7.08. The Bertz CT molecular complexity index is 425. The Morgan fingerprint density at radius 2 is 2.25 bits per heavy atom. The molecule has 0 saturated carbocycles. The minimum atomic E-state index is 0.194. The molecule has 0 aromatic carbocycles. The van der Waals surface area contributed by atoms with E-state index >= 15 is 0 Å². The van der Waals surface area contributed by atoms with Crippen LogP contribution in [0.1, 0.15) is 15.8 Å². The number of rotatable bonds is 5. The molecule has 1 atom stereocenters. The molecule has 0 aliphatic carbocycles. The van der Waals surface area contributed by atoms with Gasteiger partial charge < -0.3 is 11.1 Å². The minimum Gasteiger partial charge on any atom is -0.329 e. The smallest absolute Gasteiger partial charge is 0.0931 e. The highest BCUT2D eigenvalue weighted by Crippen LogP contribution is 2.26. The van der Waals surface area contributed by atoms with Crippen LogP contribution in [0.2, 0.25) is 4.34 Å². The van der Waals surface area contributed by atoms with Crippen LogP contribution in [0, 0.1) is 0 Å². The molecule has 0 aliphatic heterocycles. The normalized spacial score (nSPS) is 12.9. The lowest BCUT2D eigenvalue weighted by Crippen LogP contribution is -2.26. The van der Waals surface area contributed by atoms with Crippen molar-refractivity contribution in [2.75, 3.05) is 6.54 Å². The molecule has 0 radical (unpaired) electrons. The molecule has 2 heterocycles. The highest BCUT2D eigenvalue weighted by atomic mass is 35.5. The van der Waals surface area contributed by atoms with Gasteiger partial charge >= 0.3 is 0 Å². The summed E-state index contributed by atoms with van der Waals surface area (Å²) in [6, 6.07) is 8.32. The Hall–Kier alpha value is -0.390. The SMILES string of the molecule is NCC(NCc1cccs1)c1ccc(Cl)s1. The number of nitrogens with two attached hydrogens (primary N) is 1. The van der Waals surface area contributed by atoms with Gasteiger partial charge in [0, 0.05) is 22.8 Å². The van der Waals surface area contributed by atoms with E-state index in [4.69, 9.17) is 17.3 Å². The molecule has 2 aromatic rings. The first-order valence-electron chi connectivity index (χ1n) is 5.00. The molecule has 2 aromatic heterocycles. The molecular weight excluding hydrogens is 260 g/mol. The summed E-state index contributed by atoms with van der Waals surface area (Å²) in [6.07, 6.45) is 0. The van der Waals surface area contributed by atoms with Crippen molar-refractivity contribution in [1.82, 2.24) is 5.32 Å². The Balaban J connectivity index is 1.96. The summed E-state index contributed by atoms with van der Waals surface area (Å²) in [5.41, 5.74) is 5.76. The molecule has 1 unspecified atom stereocenters. The minimum absolute atomic E-state index is 0.194. The summed E-state index contributed by atoms with van der Waals surface area (Å²) in [5.74, 6) is 0. The zero-order valence-electron chi connectivity index (χ0n) is 8.65. The number of thiophene rings is 2. The Morgan fingerprint density at radius 3 is 2.81 bits per heavy atom. The van der Waals surface area contributed by atoms with Crippen molar-refractivity contribution in [3.8, 4) is 0 Å². The molecule has 0 bridgehead atoms. The first-order chi connectivity index (χ1) is 7.79. The van der Waals surface area contributed by atoms with Crippen molar-refractivity contribution >= 4 is 34.3 Å². The highest BCUT2D eigenvalue weighted by molar-refractivity contribution is 7.16. The number of hydrogen-bond donors (Lipinski definition) is 2. The molecular formula is C11H13ClN2S2. The molecule has 86 valence electrons. The van der Waals surface area contributed by atoms with E-state index in [0.29, 0.717) is 6.54 Å². The fourth-order valence-electron chi connectivity index (χ4n) is 1.45. The van der Waals surface area contributed by atoms with Gasteiger partial charge in [0.25, 0.3) is 0 Å². The largest absolute Gasteiger partial charge is 0.329 e. The maximum absolute atomic E-state index is 5.91. The number of nitrogens with one attached hydrogen (secondary N) is 1. The maximum atomic E-state index is 5.91. The van der Waals surface area contributed by atoms with Gasteiger partial charge in [-0.3, -0.25) is 0 Å². The van der Waals surface area contributed by atoms with E-state index in [-0.39, 0.29) is 6.04 Å². The molecule has 5 heteroatoms.